The van der Waals surface area contributed by atoms with Crippen LogP contribution in [0.4, 0.5) is 68.6 Å². The van der Waals surface area contributed by atoms with Gasteiger partial charge < -0.3 is 42.0 Å². The Morgan fingerprint density at radius 2 is 1.07 bits per heavy atom. The molecule has 75 heavy (non-hydrogen) atoms. The minimum atomic E-state index is -0.853. The summed E-state index contributed by atoms with van der Waals surface area (Å²) in [5.41, 5.74) is 2.08. The van der Waals surface area contributed by atoms with Crippen molar-refractivity contribution in [2.75, 3.05) is 59.1 Å². The van der Waals surface area contributed by atoms with Gasteiger partial charge >= 0.3 is 6.09 Å². The number of benzene rings is 4. The van der Waals surface area contributed by atoms with Crippen LogP contribution in [0, 0.1) is 47.0 Å². The molecular formula is C55H60F4N12O4. The van der Waals surface area contributed by atoms with E-state index >= 15 is 0 Å². The van der Waals surface area contributed by atoms with Gasteiger partial charge in [0.05, 0.1) is 40.7 Å². The first-order chi connectivity index (χ1) is 35.7. The van der Waals surface area contributed by atoms with Crippen LogP contribution in [0.25, 0.3) is 0 Å². The van der Waals surface area contributed by atoms with Crippen LogP contribution in [0.5, 0.6) is 0 Å². The molecule has 0 radical (unpaired) electrons. The van der Waals surface area contributed by atoms with E-state index in [0.29, 0.717) is 58.6 Å². The molecule has 6 rings (SSSR count). The van der Waals surface area contributed by atoms with Gasteiger partial charge in [0.25, 0.3) is 0 Å². The van der Waals surface area contributed by atoms with Gasteiger partial charge in [-0.3, -0.25) is 14.5 Å². The Bertz CT molecular complexity index is 3090. The van der Waals surface area contributed by atoms with Crippen LogP contribution in [0.1, 0.15) is 83.6 Å². The molecule has 20 heteroatoms. The molecule has 3 amide bonds. The maximum atomic E-state index is 14.6. The van der Waals surface area contributed by atoms with Gasteiger partial charge in [0.2, 0.25) is 23.7 Å². The fourth-order valence-electron chi connectivity index (χ4n) is 6.18. The highest BCUT2D eigenvalue weighted by Crippen LogP contribution is 2.22. The van der Waals surface area contributed by atoms with Crippen LogP contribution in [0.3, 0.4) is 0 Å². The maximum absolute atomic E-state index is 14.6. The van der Waals surface area contributed by atoms with E-state index in [0.717, 1.165) is 12.8 Å². The number of carbonyl (C=O) groups excluding carboxylic acids is 3. The van der Waals surface area contributed by atoms with Crippen LogP contribution in [-0.4, -0.2) is 87.6 Å². The molecule has 16 nitrogen and oxygen atoms in total. The zero-order valence-corrected chi connectivity index (χ0v) is 43.1. The fraction of sp³-hybridized carbons (Fsp3) is 0.291. The number of likely N-dealkylation sites (N-methyl/N-ethyl adjacent to an activating group) is 2. The quantitative estimate of drug-likeness (QED) is 0.0357. The average Bonchev–Trinajstić information content (AvgIpc) is 3.37. The van der Waals surface area contributed by atoms with E-state index in [4.69, 9.17) is 4.74 Å². The summed E-state index contributed by atoms with van der Waals surface area (Å²) in [6.07, 6.45) is 4.03. The van der Waals surface area contributed by atoms with Crippen molar-refractivity contribution in [3.05, 3.63) is 143 Å². The molecule has 6 aromatic rings. The molecule has 2 heterocycles. The summed E-state index contributed by atoms with van der Waals surface area (Å²) in [4.78, 5) is 55.8. The summed E-state index contributed by atoms with van der Waals surface area (Å²) < 4.78 is 61.3. The number of carbonyl (C=O) groups is 3. The van der Waals surface area contributed by atoms with Crippen LogP contribution in [0.2, 0.25) is 0 Å². The van der Waals surface area contributed by atoms with Crippen molar-refractivity contribution in [1.82, 2.24) is 30.2 Å². The molecule has 0 spiro atoms. The highest BCUT2D eigenvalue weighted by molar-refractivity contribution is 5.96. The summed E-state index contributed by atoms with van der Waals surface area (Å²) in [5, 5.41) is 20.5. The van der Waals surface area contributed by atoms with E-state index < -0.39 is 47.1 Å². The molecule has 0 fully saturated rings. The first kappa shape index (κ1) is 57.2. The van der Waals surface area contributed by atoms with E-state index in [-0.39, 0.29) is 34.7 Å². The van der Waals surface area contributed by atoms with E-state index in [1.54, 1.807) is 65.9 Å². The monoisotopic (exact) mass is 1030 g/mol. The second kappa shape index (κ2) is 27.3. The number of hydrogen-bond acceptors (Lipinski definition) is 13. The molecule has 0 bridgehead atoms. The first-order valence-corrected chi connectivity index (χ1v) is 23.9. The largest absolute Gasteiger partial charge is 0.444 e. The van der Waals surface area contributed by atoms with Crippen LogP contribution >= 0.6 is 0 Å². The Morgan fingerprint density at radius 1 is 0.627 bits per heavy atom. The molecule has 392 valence electrons. The predicted molar refractivity (Wildman–Crippen MR) is 285 cm³/mol. The summed E-state index contributed by atoms with van der Waals surface area (Å²) in [6, 6.07) is 18.8. The lowest BCUT2D eigenvalue weighted by Crippen LogP contribution is -2.45. The molecule has 0 aliphatic heterocycles. The van der Waals surface area contributed by atoms with Crippen molar-refractivity contribution in [3.63, 3.8) is 0 Å². The minimum absolute atomic E-state index is 0.0411. The number of aromatic nitrogens is 4. The molecular weight excluding hydrogens is 969 g/mol. The molecule has 2 aromatic heterocycles. The number of hydrogen-bond donors (Lipinski definition) is 7. The lowest BCUT2D eigenvalue weighted by atomic mass is 10.1. The van der Waals surface area contributed by atoms with Crippen LogP contribution in [-0.2, 0) is 14.3 Å². The van der Waals surface area contributed by atoms with Crippen LogP contribution < -0.4 is 37.2 Å². The molecule has 0 aliphatic rings. The third kappa shape index (κ3) is 18.1. The van der Waals surface area contributed by atoms with Gasteiger partial charge in [-0.2, -0.15) is 9.97 Å². The highest BCUT2D eigenvalue weighted by atomic mass is 19.1. The summed E-state index contributed by atoms with van der Waals surface area (Å²) in [5.74, 6) is 10.2. The maximum Gasteiger partial charge on any atom is 0.410 e. The number of halogens is 4. The van der Waals surface area contributed by atoms with E-state index in [9.17, 15) is 31.9 Å². The van der Waals surface area contributed by atoms with Gasteiger partial charge in [-0.15, -0.1) is 0 Å². The molecule has 0 saturated carbocycles. The van der Waals surface area contributed by atoms with Gasteiger partial charge in [0, 0.05) is 42.9 Å². The molecule has 0 saturated heterocycles. The lowest BCUT2D eigenvalue weighted by Gasteiger charge is -2.28. The Hall–Kier alpha value is -8.75. The fourth-order valence-corrected chi connectivity index (χ4v) is 6.18. The Kier molecular flexibility index (Phi) is 20.8. The van der Waals surface area contributed by atoms with Gasteiger partial charge in [-0.25, -0.2) is 32.3 Å². The second-order valence-corrected chi connectivity index (χ2v) is 17.7. The number of nitrogens with one attached hydrogen (secondary N) is 7. The molecule has 0 unspecified atom stereocenters. The van der Waals surface area contributed by atoms with Crippen molar-refractivity contribution in [2.45, 2.75) is 79.0 Å². The number of rotatable bonds is 16. The van der Waals surface area contributed by atoms with Crippen molar-refractivity contribution < 1.29 is 36.7 Å². The first-order valence-electron chi connectivity index (χ1n) is 23.9. The second-order valence-electron chi connectivity index (χ2n) is 17.7. The minimum Gasteiger partial charge on any atom is -0.444 e. The molecule has 7 N–H and O–H groups in total. The zero-order chi connectivity index (χ0) is 54.7. The number of nitrogens with zero attached hydrogens (tertiary/aromatic N) is 5. The number of anilines is 8. The summed E-state index contributed by atoms with van der Waals surface area (Å²) in [7, 11) is 3.14. The van der Waals surface area contributed by atoms with Gasteiger partial charge in [-0.1, -0.05) is 49.7 Å². The van der Waals surface area contributed by atoms with Gasteiger partial charge in [-0.05, 0) is 127 Å². The Morgan fingerprint density at radius 3 is 1.48 bits per heavy atom. The Balaban J connectivity index is 0.000000282. The lowest BCUT2D eigenvalue weighted by molar-refractivity contribution is -0.120. The van der Waals surface area contributed by atoms with Gasteiger partial charge in [0.1, 0.15) is 46.5 Å². The SMILES string of the molecule is CCCNc1nc(Nc2cccc(F)c2)ncc1C#Cc1cc(NC(=O)[C@H](C)N(C)C(=O)OC(C)(C)C)ccc1F.CCCNc1nc(Nc2cccc(F)c2)ncc1C#Cc1cc(NC(=O)[C@H](C)NC)ccc1F. The van der Waals surface area contributed by atoms with Crippen molar-refractivity contribution in [2.24, 2.45) is 0 Å². The normalized spacial score (nSPS) is 11.4. The molecule has 2 atom stereocenters. The number of ether oxygens (including phenoxy) is 1. The summed E-state index contributed by atoms with van der Waals surface area (Å²) >= 11 is 0. The standard InChI is InChI=1S/C30H34F2N6O3.C25H26F2N6O/c1-7-15-33-26-21(18-34-28(37-26)36-23-10-8-9-22(31)17-23)12-11-20-16-24(13-14-25(20)32)35-27(39)19(2)38(6)29(40)41-30(3,4)5;1-4-12-29-23-18(15-30-25(33-23)32-20-7-5-6-19(26)14-20)9-8-17-13-21(10-11-22(17)27)31-24(34)16(2)28-3/h8-10,13-14,16-19H,7,15H2,1-6H3,(H,35,39)(H2,33,34,36,37);5-7,10-11,13-16,28H,4,12H2,1-3H3,(H,31,34)(H2,29,30,32,33)/t19-;16-/m00/s1. The number of amides is 3. The topological polar surface area (TPSA) is 199 Å². The molecule has 4 aromatic carbocycles. The average molecular weight is 1030 g/mol. The van der Waals surface area contributed by atoms with Crippen molar-refractivity contribution in [1.29, 1.82) is 0 Å². The summed E-state index contributed by atoms with van der Waals surface area (Å²) in [6.45, 7) is 13.7. The zero-order valence-electron chi connectivity index (χ0n) is 43.1. The predicted octanol–water partition coefficient (Wildman–Crippen LogP) is 10.2. The molecule has 0 aliphatic carbocycles. The van der Waals surface area contributed by atoms with Crippen molar-refractivity contribution in [3.8, 4) is 23.7 Å². The van der Waals surface area contributed by atoms with Gasteiger partial charge in [0.15, 0.2) is 0 Å². The third-order valence-corrected chi connectivity index (χ3v) is 10.4. The smallest absolute Gasteiger partial charge is 0.410 e. The van der Waals surface area contributed by atoms with Crippen molar-refractivity contribution >= 4 is 64.2 Å². The third-order valence-electron chi connectivity index (χ3n) is 10.4. The van der Waals surface area contributed by atoms with E-state index in [1.807, 2.05) is 13.8 Å². The Labute approximate surface area is 434 Å². The highest BCUT2D eigenvalue weighted by Gasteiger charge is 2.27. The van der Waals surface area contributed by atoms with E-state index in [1.165, 1.54) is 85.0 Å². The van der Waals surface area contributed by atoms with E-state index in [2.05, 4.69) is 80.8 Å². The van der Waals surface area contributed by atoms with Crippen LogP contribution in [0.15, 0.2) is 97.3 Å².